The maximum absolute atomic E-state index is 10.4. The summed E-state index contributed by atoms with van der Waals surface area (Å²) in [6, 6.07) is 15.0. The third-order valence-electron chi connectivity index (χ3n) is 5.49. The second kappa shape index (κ2) is 9.45. The average Bonchev–Trinajstić information content (AvgIpc) is 3.26. The van der Waals surface area contributed by atoms with Crippen LogP contribution < -0.4 is 0 Å². The fourth-order valence-corrected chi connectivity index (χ4v) is 3.78. The van der Waals surface area contributed by atoms with E-state index in [1.54, 1.807) is 6.07 Å². The van der Waals surface area contributed by atoms with Crippen molar-refractivity contribution in [2.45, 2.75) is 37.1 Å². The Morgan fingerprint density at radius 1 is 0.875 bits per heavy atom. The minimum Gasteiger partial charge on any atom is -0.419 e. The molecule has 0 spiro atoms. The van der Waals surface area contributed by atoms with Crippen LogP contribution in [0.2, 0.25) is 0 Å². The molecule has 3 aromatic rings. The zero-order valence-corrected chi connectivity index (χ0v) is 17.9. The van der Waals surface area contributed by atoms with E-state index >= 15 is 0 Å². The van der Waals surface area contributed by atoms with Crippen LogP contribution in [0.4, 0.5) is 0 Å². The molecule has 1 fully saturated rings. The number of benzene rings is 2. The Morgan fingerprint density at radius 3 is 2.28 bits per heavy atom. The molecular formula is C23H27N3O6. The van der Waals surface area contributed by atoms with Gasteiger partial charge in [-0.3, -0.25) is 0 Å². The molecule has 4 rings (SSSR count). The monoisotopic (exact) mass is 441 g/mol. The SMILES string of the molecule is CN(C)Cc1nnc(-c2ccc(-c3cccc(C4OC(CO)C(O)C(O)C4O)c3)cc2)o1. The lowest BCUT2D eigenvalue weighted by atomic mass is 9.90. The van der Waals surface area contributed by atoms with Crippen molar-refractivity contribution in [1.29, 1.82) is 0 Å². The van der Waals surface area contributed by atoms with Gasteiger partial charge in [0.05, 0.1) is 13.2 Å². The normalized spacial score (nSPS) is 25.9. The molecule has 1 aliphatic rings. The summed E-state index contributed by atoms with van der Waals surface area (Å²) >= 11 is 0. The summed E-state index contributed by atoms with van der Waals surface area (Å²) in [7, 11) is 3.86. The Labute approximate surface area is 185 Å². The van der Waals surface area contributed by atoms with Gasteiger partial charge in [-0.05, 0) is 49.0 Å². The maximum Gasteiger partial charge on any atom is 0.247 e. The molecule has 4 N–H and O–H groups in total. The lowest BCUT2D eigenvalue weighted by Crippen LogP contribution is -2.55. The molecule has 0 radical (unpaired) electrons. The molecule has 1 aromatic heterocycles. The highest BCUT2D eigenvalue weighted by Gasteiger charge is 2.43. The molecule has 0 saturated carbocycles. The van der Waals surface area contributed by atoms with Gasteiger partial charge in [0.1, 0.15) is 30.5 Å². The molecule has 0 bridgehead atoms. The van der Waals surface area contributed by atoms with Crippen molar-refractivity contribution in [2.24, 2.45) is 0 Å². The lowest BCUT2D eigenvalue weighted by Gasteiger charge is -2.40. The van der Waals surface area contributed by atoms with Crippen LogP contribution in [-0.2, 0) is 11.3 Å². The molecule has 9 nitrogen and oxygen atoms in total. The summed E-state index contributed by atoms with van der Waals surface area (Å²) in [6.07, 6.45) is -5.95. The summed E-state index contributed by atoms with van der Waals surface area (Å²) in [4.78, 5) is 1.95. The zero-order chi connectivity index (χ0) is 22.8. The second-order valence-corrected chi connectivity index (χ2v) is 8.19. The van der Waals surface area contributed by atoms with Crippen molar-refractivity contribution in [3.8, 4) is 22.6 Å². The number of rotatable bonds is 6. The molecule has 170 valence electrons. The highest BCUT2D eigenvalue weighted by atomic mass is 16.5. The van der Waals surface area contributed by atoms with Crippen LogP contribution in [0, 0.1) is 0 Å². The Hall–Kier alpha value is -2.66. The number of ether oxygens (including phenoxy) is 1. The standard InChI is InChI=1S/C23H27N3O6/c1-26(2)11-18-24-25-23(32-18)14-8-6-13(7-9-14)15-4-3-5-16(10-15)22-21(30)20(29)19(28)17(12-27)31-22/h3-10,17,19-22,27-30H,11-12H2,1-2H3. The van der Waals surface area contributed by atoms with Crippen molar-refractivity contribution in [1.82, 2.24) is 15.1 Å². The number of aliphatic hydroxyl groups excluding tert-OH is 4. The highest BCUT2D eigenvalue weighted by molar-refractivity contribution is 5.68. The van der Waals surface area contributed by atoms with Crippen LogP contribution in [0.3, 0.4) is 0 Å². The Morgan fingerprint density at radius 2 is 1.59 bits per heavy atom. The first-order valence-corrected chi connectivity index (χ1v) is 10.4. The number of nitrogens with zero attached hydrogens (tertiary/aromatic N) is 3. The molecule has 2 heterocycles. The summed E-state index contributed by atoms with van der Waals surface area (Å²) in [5, 5.41) is 48.1. The Balaban J connectivity index is 1.55. The predicted molar refractivity (Wildman–Crippen MR) is 115 cm³/mol. The first-order valence-electron chi connectivity index (χ1n) is 10.4. The van der Waals surface area contributed by atoms with E-state index in [2.05, 4.69) is 10.2 Å². The molecule has 0 amide bonds. The first kappa shape index (κ1) is 22.5. The molecule has 5 atom stereocenters. The molecule has 0 aliphatic carbocycles. The number of hydrogen-bond donors (Lipinski definition) is 4. The van der Waals surface area contributed by atoms with Crippen LogP contribution in [0.25, 0.3) is 22.6 Å². The molecule has 1 aliphatic heterocycles. The van der Waals surface area contributed by atoms with Gasteiger partial charge >= 0.3 is 0 Å². The molecule has 1 saturated heterocycles. The third-order valence-corrected chi connectivity index (χ3v) is 5.49. The van der Waals surface area contributed by atoms with Crippen molar-refractivity contribution in [3.63, 3.8) is 0 Å². The average molecular weight is 441 g/mol. The Kier molecular flexibility index (Phi) is 6.66. The van der Waals surface area contributed by atoms with E-state index in [9.17, 15) is 20.4 Å². The molecule has 5 unspecified atom stereocenters. The topological polar surface area (TPSA) is 132 Å². The van der Waals surface area contributed by atoms with E-state index in [0.717, 1.165) is 16.7 Å². The van der Waals surface area contributed by atoms with Gasteiger partial charge in [0.25, 0.3) is 0 Å². The minimum absolute atomic E-state index is 0.448. The number of hydrogen-bond acceptors (Lipinski definition) is 9. The van der Waals surface area contributed by atoms with Gasteiger partial charge in [-0.1, -0.05) is 30.3 Å². The van der Waals surface area contributed by atoms with E-state index in [1.807, 2.05) is 61.5 Å². The lowest BCUT2D eigenvalue weighted by molar-refractivity contribution is -0.231. The summed E-state index contributed by atoms with van der Waals surface area (Å²) in [5.74, 6) is 0.991. The number of aliphatic hydroxyl groups is 4. The van der Waals surface area contributed by atoms with Gasteiger partial charge in [-0.15, -0.1) is 10.2 Å². The van der Waals surface area contributed by atoms with Crippen LogP contribution in [-0.4, -0.2) is 80.6 Å². The second-order valence-electron chi connectivity index (χ2n) is 8.19. The van der Waals surface area contributed by atoms with E-state index in [-0.39, 0.29) is 0 Å². The number of aromatic nitrogens is 2. The summed E-state index contributed by atoms with van der Waals surface area (Å²) in [5.41, 5.74) is 3.24. The maximum atomic E-state index is 10.4. The third kappa shape index (κ3) is 4.58. The van der Waals surface area contributed by atoms with Crippen molar-refractivity contribution in [3.05, 3.63) is 60.0 Å². The van der Waals surface area contributed by atoms with Gasteiger partial charge in [-0.25, -0.2) is 0 Å². The van der Waals surface area contributed by atoms with Crippen LogP contribution in [0.1, 0.15) is 17.6 Å². The summed E-state index contributed by atoms with van der Waals surface area (Å²) in [6.45, 7) is 0.102. The largest absolute Gasteiger partial charge is 0.419 e. The molecule has 9 heteroatoms. The van der Waals surface area contributed by atoms with E-state index in [1.165, 1.54) is 0 Å². The van der Waals surface area contributed by atoms with Gasteiger partial charge in [-0.2, -0.15) is 0 Å². The van der Waals surface area contributed by atoms with Gasteiger partial charge < -0.3 is 34.5 Å². The van der Waals surface area contributed by atoms with E-state index in [0.29, 0.717) is 23.9 Å². The predicted octanol–water partition coefficient (Wildman–Crippen LogP) is 0.980. The highest BCUT2D eigenvalue weighted by Crippen LogP contribution is 2.34. The molecule has 2 aromatic carbocycles. The first-order chi connectivity index (χ1) is 15.4. The fourth-order valence-electron chi connectivity index (χ4n) is 3.78. The van der Waals surface area contributed by atoms with Gasteiger partial charge in [0, 0.05) is 5.56 Å². The zero-order valence-electron chi connectivity index (χ0n) is 17.9. The minimum atomic E-state index is -1.42. The quantitative estimate of drug-likeness (QED) is 0.442. The molecular weight excluding hydrogens is 414 g/mol. The van der Waals surface area contributed by atoms with Gasteiger partial charge in [0.2, 0.25) is 11.8 Å². The van der Waals surface area contributed by atoms with Gasteiger partial charge in [0.15, 0.2) is 0 Å². The van der Waals surface area contributed by atoms with E-state index < -0.39 is 37.1 Å². The van der Waals surface area contributed by atoms with Crippen molar-refractivity contribution >= 4 is 0 Å². The fraction of sp³-hybridized carbons (Fsp3) is 0.391. The Bertz CT molecular complexity index is 1040. The smallest absolute Gasteiger partial charge is 0.247 e. The van der Waals surface area contributed by atoms with Crippen molar-refractivity contribution < 1.29 is 29.6 Å². The van der Waals surface area contributed by atoms with Crippen LogP contribution in [0.15, 0.2) is 52.9 Å². The van der Waals surface area contributed by atoms with E-state index in [4.69, 9.17) is 9.15 Å². The van der Waals surface area contributed by atoms with Crippen LogP contribution in [0.5, 0.6) is 0 Å². The van der Waals surface area contributed by atoms with Crippen molar-refractivity contribution in [2.75, 3.05) is 20.7 Å². The van der Waals surface area contributed by atoms with Crippen LogP contribution >= 0.6 is 0 Å². The summed E-state index contributed by atoms with van der Waals surface area (Å²) < 4.78 is 11.4. The molecule has 32 heavy (non-hydrogen) atoms.